The Kier molecular flexibility index (Phi) is 5.50. The van der Waals surface area contributed by atoms with E-state index in [1.807, 2.05) is 6.07 Å². The number of hydrogen-bond acceptors (Lipinski definition) is 5. The molecule has 0 aliphatic rings. The minimum absolute atomic E-state index is 0.201. The summed E-state index contributed by atoms with van der Waals surface area (Å²) in [5.74, 6) is -0.169. The van der Waals surface area contributed by atoms with Crippen LogP contribution in [0.15, 0.2) is 53.9 Å². The Morgan fingerprint density at radius 2 is 1.77 bits per heavy atom. The molecular weight excluding hydrogens is 374 g/mol. The fourth-order valence-electron chi connectivity index (χ4n) is 2.14. The number of methoxy groups -OCH3 is 1. The van der Waals surface area contributed by atoms with Crippen molar-refractivity contribution < 1.29 is 14.3 Å². The molecule has 2 aromatic carbocycles. The number of hydrogen-bond donors (Lipinski definition) is 2. The van der Waals surface area contributed by atoms with Gasteiger partial charge in [-0.3, -0.25) is 14.9 Å². The largest absolute Gasteiger partial charge is 0.495 e. The maximum atomic E-state index is 12.3. The molecule has 2 N–H and O–H groups in total. The van der Waals surface area contributed by atoms with Crippen molar-refractivity contribution in [3.05, 3.63) is 70.2 Å². The van der Waals surface area contributed by atoms with Crippen LogP contribution in [-0.4, -0.2) is 23.9 Å². The number of carbonyl (C=O) groups is 2. The van der Waals surface area contributed by atoms with Gasteiger partial charge in [-0.05, 0) is 36.4 Å². The number of rotatable bonds is 5. The zero-order chi connectivity index (χ0) is 18.5. The smallest absolute Gasteiger partial charge is 0.275 e. The molecule has 26 heavy (non-hydrogen) atoms. The molecule has 0 bridgehead atoms. The number of aromatic nitrogens is 1. The fraction of sp³-hybridized carbons (Fsp3) is 0.0556. The SMILES string of the molecule is COc1ccccc1NC(=O)c1csc(NC(=O)c2ccc(Cl)cc2)n1. The Morgan fingerprint density at radius 1 is 1.04 bits per heavy atom. The van der Waals surface area contributed by atoms with Crippen LogP contribution in [0.5, 0.6) is 5.75 Å². The molecule has 0 unspecified atom stereocenters. The van der Waals surface area contributed by atoms with E-state index >= 15 is 0 Å². The molecule has 0 aliphatic heterocycles. The minimum Gasteiger partial charge on any atom is -0.495 e. The van der Waals surface area contributed by atoms with Gasteiger partial charge in [-0.1, -0.05) is 23.7 Å². The highest BCUT2D eigenvalue weighted by atomic mass is 35.5. The third-order valence-corrected chi connectivity index (χ3v) is 4.43. The lowest BCUT2D eigenvalue weighted by atomic mass is 10.2. The number of benzene rings is 2. The highest BCUT2D eigenvalue weighted by Crippen LogP contribution is 2.24. The molecular formula is C18H14ClN3O3S. The number of thiazole rings is 1. The molecule has 3 rings (SSSR count). The van der Waals surface area contributed by atoms with E-state index in [4.69, 9.17) is 16.3 Å². The maximum absolute atomic E-state index is 12.3. The van der Waals surface area contributed by atoms with Gasteiger partial charge in [0.25, 0.3) is 11.8 Å². The second-order valence-electron chi connectivity index (χ2n) is 5.15. The summed E-state index contributed by atoms with van der Waals surface area (Å²) in [5, 5.41) is 7.84. The maximum Gasteiger partial charge on any atom is 0.275 e. The molecule has 0 aliphatic carbocycles. The van der Waals surface area contributed by atoms with Crippen molar-refractivity contribution >= 4 is 45.6 Å². The van der Waals surface area contributed by atoms with E-state index in [0.29, 0.717) is 27.2 Å². The molecule has 0 atom stereocenters. The topological polar surface area (TPSA) is 80.3 Å². The van der Waals surface area contributed by atoms with E-state index in [0.717, 1.165) is 11.3 Å². The quantitative estimate of drug-likeness (QED) is 0.683. The zero-order valence-electron chi connectivity index (χ0n) is 13.7. The third-order valence-electron chi connectivity index (χ3n) is 3.42. The molecule has 3 aromatic rings. The monoisotopic (exact) mass is 387 g/mol. The molecule has 0 saturated carbocycles. The average molecular weight is 388 g/mol. The van der Waals surface area contributed by atoms with Gasteiger partial charge in [0.2, 0.25) is 0 Å². The van der Waals surface area contributed by atoms with E-state index < -0.39 is 5.91 Å². The number of para-hydroxylation sites is 2. The summed E-state index contributed by atoms with van der Waals surface area (Å²) in [7, 11) is 1.53. The first-order chi connectivity index (χ1) is 12.6. The minimum atomic E-state index is -0.391. The summed E-state index contributed by atoms with van der Waals surface area (Å²) >= 11 is 6.97. The van der Waals surface area contributed by atoms with Gasteiger partial charge in [-0.25, -0.2) is 4.98 Å². The van der Waals surface area contributed by atoms with Gasteiger partial charge < -0.3 is 10.1 Å². The van der Waals surface area contributed by atoms with E-state index in [1.54, 1.807) is 47.8 Å². The molecule has 132 valence electrons. The third kappa shape index (κ3) is 4.19. The van der Waals surface area contributed by atoms with Crippen molar-refractivity contribution in [2.45, 2.75) is 0 Å². The highest BCUT2D eigenvalue weighted by Gasteiger charge is 2.15. The van der Waals surface area contributed by atoms with Gasteiger partial charge >= 0.3 is 0 Å². The zero-order valence-corrected chi connectivity index (χ0v) is 15.2. The molecule has 0 spiro atoms. The molecule has 0 fully saturated rings. The molecule has 0 radical (unpaired) electrons. The van der Waals surface area contributed by atoms with Gasteiger partial charge in [0, 0.05) is 16.0 Å². The number of nitrogens with zero attached hydrogens (tertiary/aromatic N) is 1. The molecule has 1 heterocycles. The van der Waals surface area contributed by atoms with Gasteiger partial charge in [-0.15, -0.1) is 11.3 Å². The second kappa shape index (κ2) is 7.99. The van der Waals surface area contributed by atoms with Crippen molar-refractivity contribution in [1.82, 2.24) is 4.98 Å². The van der Waals surface area contributed by atoms with E-state index in [2.05, 4.69) is 15.6 Å². The van der Waals surface area contributed by atoms with Gasteiger partial charge in [-0.2, -0.15) is 0 Å². The Balaban J connectivity index is 1.68. The van der Waals surface area contributed by atoms with Gasteiger partial charge in [0.05, 0.1) is 12.8 Å². The molecule has 0 saturated heterocycles. The van der Waals surface area contributed by atoms with Crippen LogP contribution >= 0.6 is 22.9 Å². The standard InChI is InChI=1S/C18H14ClN3O3S/c1-25-15-5-3-2-4-13(15)20-17(24)14-10-26-18(21-14)22-16(23)11-6-8-12(19)9-7-11/h2-10H,1H3,(H,20,24)(H,21,22,23). The van der Waals surface area contributed by atoms with Crippen LogP contribution in [0, 0.1) is 0 Å². The normalized spacial score (nSPS) is 10.2. The number of halogens is 1. The van der Waals surface area contributed by atoms with Crippen LogP contribution < -0.4 is 15.4 Å². The molecule has 6 nitrogen and oxygen atoms in total. The van der Waals surface area contributed by atoms with Crippen LogP contribution in [-0.2, 0) is 0 Å². The van der Waals surface area contributed by atoms with Crippen LogP contribution in [0.3, 0.4) is 0 Å². The summed E-state index contributed by atoms with van der Waals surface area (Å²) < 4.78 is 5.20. The fourth-order valence-corrected chi connectivity index (χ4v) is 2.95. The predicted molar refractivity (Wildman–Crippen MR) is 102 cm³/mol. The van der Waals surface area contributed by atoms with E-state index in [-0.39, 0.29) is 11.6 Å². The molecule has 8 heteroatoms. The first-order valence-corrected chi connectivity index (χ1v) is 8.79. The summed E-state index contributed by atoms with van der Waals surface area (Å²) in [5.41, 5.74) is 1.19. The average Bonchev–Trinajstić information content (AvgIpc) is 3.11. The number of amides is 2. The Morgan fingerprint density at radius 3 is 2.50 bits per heavy atom. The summed E-state index contributed by atoms with van der Waals surface area (Å²) in [6, 6.07) is 13.6. The Bertz CT molecular complexity index is 941. The van der Waals surface area contributed by atoms with Crippen molar-refractivity contribution in [1.29, 1.82) is 0 Å². The second-order valence-corrected chi connectivity index (χ2v) is 6.45. The first-order valence-electron chi connectivity index (χ1n) is 7.53. The number of nitrogens with one attached hydrogen (secondary N) is 2. The Labute approximate surface area is 158 Å². The highest BCUT2D eigenvalue weighted by molar-refractivity contribution is 7.14. The lowest BCUT2D eigenvalue weighted by molar-refractivity contribution is 0.101. The molecule has 2 amide bonds. The van der Waals surface area contributed by atoms with Crippen LogP contribution in [0.2, 0.25) is 5.02 Å². The molecule has 1 aromatic heterocycles. The Hall–Kier alpha value is -2.90. The van der Waals surface area contributed by atoms with Crippen molar-refractivity contribution in [2.24, 2.45) is 0 Å². The predicted octanol–water partition coefficient (Wildman–Crippen LogP) is 4.31. The van der Waals surface area contributed by atoms with Gasteiger partial charge in [0.15, 0.2) is 5.13 Å². The lowest BCUT2D eigenvalue weighted by Crippen LogP contribution is -2.14. The number of anilines is 2. The van der Waals surface area contributed by atoms with Crippen LogP contribution in [0.4, 0.5) is 10.8 Å². The van der Waals surface area contributed by atoms with Crippen LogP contribution in [0.1, 0.15) is 20.8 Å². The summed E-state index contributed by atoms with van der Waals surface area (Å²) in [6.45, 7) is 0. The van der Waals surface area contributed by atoms with Gasteiger partial charge in [0.1, 0.15) is 11.4 Å². The number of ether oxygens (including phenoxy) is 1. The van der Waals surface area contributed by atoms with Crippen molar-refractivity contribution in [3.8, 4) is 5.75 Å². The summed E-state index contributed by atoms with van der Waals surface area (Å²) in [6.07, 6.45) is 0. The van der Waals surface area contributed by atoms with E-state index in [9.17, 15) is 9.59 Å². The van der Waals surface area contributed by atoms with Crippen molar-refractivity contribution in [2.75, 3.05) is 17.7 Å². The van der Waals surface area contributed by atoms with E-state index in [1.165, 1.54) is 7.11 Å². The first kappa shape index (κ1) is 17.9. The number of carbonyl (C=O) groups excluding carboxylic acids is 2. The lowest BCUT2D eigenvalue weighted by Gasteiger charge is -2.08. The van der Waals surface area contributed by atoms with Crippen molar-refractivity contribution in [3.63, 3.8) is 0 Å². The summed E-state index contributed by atoms with van der Waals surface area (Å²) in [4.78, 5) is 28.7. The van der Waals surface area contributed by atoms with Crippen LogP contribution in [0.25, 0.3) is 0 Å².